The minimum atomic E-state index is 0.0101. The largest absolute Gasteiger partial charge is 0.376 e. The number of nitrogens with zero attached hydrogens (tertiary/aromatic N) is 1. The van der Waals surface area contributed by atoms with E-state index < -0.39 is 0 Å². The van der Waals surface area contributed by atoms with Crippen molar-refractivity contribution in [1.29, 1.82) is 0 Å². The molecule has 0 radical (unpaired) electrons. The number of ether oxygens (including phenoxy) is 1. The number of amides is 1. The molecule has 1 fully saturated rings. The fourth-order valence-electron chi connectivity index (χ4n) is 2.74. The Balaban J connectivity index is 1.63. The van der Waals surface area contributed by atoms with E-state index in [0.717, 1.165) is 38.7 Å². The van der Waals surface area contributed by atoms with Crippen LogP contribution >= 0.6 is 23.2 Å². The molecule has 1 aromatic carbocycles. The van der Waals surface area contributed by atoms with Gasteiger partial charge in [0.05, 0.1) is 16.1 Å². The van der Waals surface area contributed by atoms with Gasteiger partial charge in [0.15, 0.2) is 0 Å². The van der Waals surface area contributed by atoms with Gasteiger partial charge in [-0.1, -0.05) is 47.5 Å². The van der Waals surface area contributed by atoms with E-state index in [1.54, 1.807) is 17.1 Å². The molecule has 1 aliphatic heterocycles. The first-order chi connectivity index (χ1) is 12.1. The lowest BCUT2D eigenvalue weighted by molar-refractivity contribution is -0.126. The molecule has 0 aromatic heterocycles. The molecule has 1 aromatic rings. The maximum absolute atomic E-state index is 12.0. The Bertz CT molecular complexity index is 622. The van der Waals surface area contributed by atoms with Gasteiger partial charge in [-0.05, 0) is 49.8 Å². The third-order valence-electron chi connectivity index (χ3n) is 4.18. The topological polar surface area (TPSA) is 29.5 Å². The molecule has 5 heteroatoms. The van der Waals surface area contributed by atoms with Gasteiger partial charge in [0, 0.05) is 26.3 Å². The number of carbonyl (C=O) groups excluding carboxylic acids is 1. The molecule has 0 bridgehead atoms. The Morgan fingerprint density at radius 2 is 2.16 bits per heavy atom. The fourth-order valence-corrected chi connectivity index (χ4v) is 3.06. The summed E-state index contributed by atoms with van der Waals surface area (Å²) in [6.45, 7) is 1.48. The van der Waals surface area contributed by atoms with E-state index in [-0.39, 0.29) is 12.0 Å². The van der Waals surface area contributed by atoms with Crippen LogP contribution in [0.3, 0.4) is 0 Å². The number of rotatable bonds is 8. The summed E-state index contributed by atoms with van der Waals surface area (Å²) in [4.78, 5) is 13.7. The summed E-state index contributed by atoms with van der Waals surface area (Å²) < 4.78 is 5.55. The van der Waals surface area contributed by atoms with Crippen LogP contribution < -0.4 is 0 Å². The van der Waals surface area contributed by atoms with Gasteiger partial charge in [-0.3, -0.25) is 4.79 Å². The minimum Gasteiger partial charge on any atom is -0.376 e. The highest BCUT2D eigenvalue weighted by Gasteiger charge is 2.18. The summed E-state index contributed by atoms with van der Waals surface area (Å²) in [6.07, 6.45) is 12.6. The number of halogens is 2. The summed E-state index contributed by atoms with van der Waals surface area (Å²) in [7, 11) is 1.81. The molecule has 136 valence electrons. The Morgan fingerprint density at radius 3 is 2.88 bits per heavy atom. The molecule has 3 nitrogen and oxygen atoms in total. The van der Waals surface area contributed by atoms with E-state index in [9.17, 15) is 4.79 Å². The summed E-state index contributed by atoms with van der Waals surface area (Å²) in [5.74, 6) is 0.0101. The summed E-state index contributed by atoms with van der Waals surface area (Å²) in [5, 5.41) is 1.19. The van der Waals surface area contributed by atoms with Crippen molar-refractivity contribution < 1.29 is 9.53 Å². The van der Waals surface area contributed by atoms with Gasteiger partial charge in [0.1, 0.15) is 0 Å². The molecule has 0 saturated carbocycles. The Morgan fingerprint density at radius 1 is 1.32 bits per heavy atom. The van der Waals surface area contributed by atoms with Crippen LogP contribution in [0.15, 0.2) is 42.5 Å². The first-order valence-corrected chi connectivity index (χ1v) is 9.45. The van der Waals surface area contributed by atoms with Crippen molar-refractivity contribution in [1.82, 2.24) is 4.90 Å². The Kier molecular flexibility index (Phi) is 8.53. The zero-order chi connectivity index (χ0) is 18.1. The zero-order valence-corrected chi connectivity index (χ0v) is 16.1. The minimum absolute atomic E-state index is 0.0101. The van der Waals surface area contributed by atoms with Crippen molar-refractivity contribution in [2.75, 3.05) is 20.2 Å². The SMILES string of the molecule is CN(CC1CCCO1)C(=O)/C=C/C=C/CCCc1ccc(Cl)c(Cl)c1. The summed E-state index contributed by atoms with van der Waals surface area (Å²) in [5.41, 5.74) is 1.18. The van der Waals surface area contributed by atoms with Crippen LogP contribution in [-0.4, -0.2) is 37.1 Å². The quantitative estimate of drug-likeness (QED) is 0.357. The fraction of sp³-hybridized carbons (Fsp3) is 0.450. The Labute approximate surface area is 160 Å². The van der Waals surface area contributed by atoms with E-state index in [2.05, 4.69) is 6.08 Å². The second-order valence-corrected chi connectivity index (χ2v) is 7.10. The molecular weight excluding hydrogens is 357 g/mol. The molecule has 1 heterocycles. The van der Waals surface area contributed by atoms with Crippen LogP contribution in [0.1, 0.15) is 31.2 Å². The number of carbonyl (C=O) groups is 1. The molecule has 1 unspecified atom stereocenters. The molecule has 1 amide bonds. The maximum Gasteiger partial charge on any atom is 0.246 e. The van der Waals surface area contributed by atoms with Gasteiger partial charge in [-0.15, -0.1) is 0 Å². The number of aryl methyl sites for hydroxylation is 1. The van der Waals surface area contributed by atoms with Crippen LogP contribution in [0, 0.1) is 0 Å². The molecule has 25 heavy (non-hydrogen) atoms. The summed E-state index contributed by atoms with van der Waals surface area (Å²) >= 11 is 11.9. The average Bonchev–Trinajstić information content (AvgIpc) is 3.09. The van der Waals surface area contributed by atoms with Crippen molar-refractivity contribution in [2.45, 2.75) is 38.2 Å². The highest BCUT2D eigenvalue weighted by molar-refractivity contribution is 6.42. The molecule has 1 atom stereocenters. The first kappa shape index (κ1) is 20.0. The van der Waals surface area contributed by atoms with Crippen LogP contribution in [0.5, 0.6) is 0 Å². The molecule has 0 spiro atoms. The second kappa shape index (κ2) is 10.6. The monoisotopic (exact) mass is 381 g/mol. The molecule has 0 N–H and O–H groups in total. The van der Waals surface area contributed by atoms with Crippen LogP contribution in [0.4, 0.5) is 0 Å². The standard InChI is InChI=1S/C20H25Cl2NO2/c1-23(15-17-9-7-13-25-17)20(24)10-6-4-2-3-5-8-16-11-12-18(21)19(22)14-16/h2,4,6,10-12,14,17H,3,5,7-9,13,15H2,1H3/b4-2+,10-6+. The predicted molar refractivity (Wildman–Crippen MR) is 104 cm³/mol. The second-order valence-electron chi connectivity index (χ2n) is 6.28. The van der Waals surface area contributed by atoms with Crippen molar-refractivity contribution in [3.05, 3.63) is 58.1 Å². The lowest BCUT2D eigenvalue weighted by atomic mass is 10.1. The van der Waals surface area contributed by atoms with Gasteiger partial charge < -0.3 is 9.64 Å². The van der Waals surface area contributed by atoms with E-state index in [1.807, 2.05) is 31.3 Å². The maximum atomic E-state index is 12.0. The highest BCUT2D eigenvalue weighted by atomic mass is 35.5. The normalized spacial score (nSPS) is 17.6. The lowest BCUT2D eigenvalue weighted by Crippen LogP contribution is -2.32. The number of unbranched alkanes of at least 4 members (excludes halogenated alkanes) is 1. The van der Waals surface area contributed by atoms with Crippen molar-refractivity contribution in [3.63, 3.8) is 0 Å². The van der Waals surface area contributed by atoms with E-state index in [1.165, 1.54) is 5.56 Å². The van der Waals surface area contributed by atoms with Crippen LogP contribution in [-0.2, 0) is 16.0 Å². The van der Waals surface area contributed by atoms with Crippen molar-refractivity contribution in [2.24, 2.45) is 0 Å². The third kappa shape index (κ3) is 7.23. The van der Waals surface area contributed by atoms with Gasteiger partial charge >= 0.3 is 0 Å². The average molecular weight is 382 g/mol. The van der Waals surface area contributed by atoms with Gasteiger partial charge in [0.25, 0.3) is 0 Å². The molecule has 0 aliphatic carbocycles. The number of likely N-dealkylation sites (N-methyl/N-ethyl adjacent to an activating group) is 1. The number of hydrogen-bond acceptors (Lipinski definition) is 2. The molecule has 1 saturated heterocycles. The predicted octanol–water partition coefficient (Wildman–Crippen LogP) is 5.07. The van der Waals surface area contributed by atoms with Gasteiger partial charge in [-0.25, -0.2) is 0 Å². The van der Waals surface area contributed by atoms with E-state index in [0.29, 0.717) is 16.6 Å². The third-order valence-corrected chi connectivity index (χ3v) is 4.92. The number of hydrogen-bond donors (Lipinski definition) is 0. The first-order valence-electron chi connectivity index (χ1n) is 8.70. The smallest absolute Gasteiger partial charge is 0.246 e. The highest BCUT2D eigenvalue weighted by Crippen LogP contribution is 2.23. The number of benzene rings is 1. The van der Waals surface area contributed by atoms with E-state index in [4.69, 9.17) is 27.9 Å². The number of allylic oxidation sites excluding steroid dienone is 3. The molecule has 1 aliphatic rings. The lowest BCUT2D eigenvalue weighted by Gasteiger charge is -2.19. The molecule has 2 rings (SSSR count). The summed E-state index contributed by atoms with van der Waals surface area (Å²) in [6, 6.07) is 5.74. The van der Waals surface area contributed by atoms with Crippen molar-refractivity contribution in [3.8, 4) is 0 Å². The zero-order valence-electron chi connectivity index (χ0n) is 14.6. The van der Waals surface area contributed by atoms with Crippen LogP contribution in [0.25, 0.3) is 0 Å². The van der Waals surface area contributed by atoms with E-state index >= 15 is 0 Å². The van der Waals surface area contributed by atoms with Crippen molar-refractivity contribution >= 4 is 29.1 Å². The Hall–Kier alpha value is -1.29. The van der Waals surface area contributed by atoms with Gasteiger partial charge in [0.2, 0.25) is 5.91 Å². The molecular formula is C20H25Cl2NO2. The van der Waals surface area contributed by atoms with Crippen LogP contribution in [0.2, 0.25) is 10.0 Å². The van der Waals surface area contributed by atoms with Gasteiger partial charge in [-0.2, -0.15) is 0 Å².